The number of halogens is 2. The molecule has 0 fully saturated rings. The predicted octanol–water partition coefficient (Wildman–Crippen LogP) is 3.39. The zero-order valence-corrected chi connectivity index (χ0v) is 47.2. The van der Waals surface area contributed by atoms with Crippen molar-refractivity contribution in [3.63, 3.8) is 0 Å². The summed E-state index contributed by atoms with van der Waals surface area (Å²) in [5.74, 6) is 3.10. The SMILES string of the molecule is COC(=O)c1ccc(-c2nc(CCl)c(C)o2)cc1.COC(=O)c1ccc(-c2nc(COc3ccc(C)cc3)c(C)o2)cc1.Cc1ccc(O)cc1.[2H]C(=O)OO[CH-]F.[Cs+].[Cs+]. The second kappa shape index (κ2) is 29.8. The third kappa shape index (κ3) is 19.0. The molecule has 0 spiro atoms. The largest absolute Gasteiger partial charge is 1.00 e. The Morgan fingerprint density at radius 2 is 1.17 bits per heavy atom. The number of rotatable bonds is 10. The van der Waals surface area contributed by atoms with Crippen molar-refractivity contribution < 1.29 is 196 Å². The van der Waals surface area contributed by atoms with E-state index in [9.17, 15) is 18.8 Å². The van der Waals surface area contributed by atoms with Gasteiger partial charge in [-0.1, -0.05) is 35.4 Å². The zero-order chi connectivity index (χ0) is 42.6. The Morgan fingerprint density at radius 1 is 0.746 bits per heavy atom. The number of aromatic nitrogens is 2. The average molecular weight is 1070 g/mol. The number of methoxy groups -OCH3 is 2. The average Bonchev–Trinajstić information content (AvgIpc) is 3.82. The molecule has 300 valence electrons. The van der Waals surface area contributed by atoms with E-state index in [0.29, 0.717) is 52.7 Å². The number of hydrogen-bond acceptors (Lipinski definition) is 13. The van der Waals surface area contributed by atoms with Crippen LogP contribution in [0.25, 0.3) is 22.9 Å². The van der Waals surface area contributed by atoms with E-state index in [4.69, 9.17) is 36.4 Å². The molecule has 0 bridgehead atoms. The number of ether oxygens (including phenoxy) is 3. The van der Waals surface area contributed by atoms with Crippen molar-refractivity contribution in [3.8, 4) is 34.4 Å². The van der Waals surface area contributed by atoms with Crippen LogP contribution in [0.1, 0.15) is 56.1 Å². The first-order valence-electron chi connectivity index (χ1n) is 17.3. The number of aryl methyl sites for hydroxylation is 4. The van der Waals surface area contributed by atoms with Gasteiger partial charge in [-0.3, -0.25) is 4.79 Å². The van der Waals surface area contributed by atoms with E-state index >= 15 is 0 Å². The molecule has 1 N–H and O–H groups in total. The molecule has 0 aliphatic rings. The Hall–Kier alpha value is -2.41. The summed E-state index contributed by atoms with van der Waals surface area (Å²) in [6.07, 6.45) is -1.44. The van der Waals surface area contributed by atoms with Gasteiger partial charge in [0.15, 0.2) is 1.37 Å². The summed E-state index contributed by atoms with van der Waals surface area (Å²) in [6.45, 7) is 7.68. The summed E-state index contributed by atoms with van der Waals surface area (Å²) < 4.78 is 42.9. The molecule has 0 saturated heterocycles. The number of benzene rings is 4. The van der Waals surface area contributed by atoms with Crippen molar-refractivity contribution in [1.82, 2.24) is 9.97 Å². The molecule has 6 aromatic rings. The summed E-state index contributed by atoms with van der Waals surface area (Å²) in [5.41, 5.74) is 6.38. The second-order valence-electron chi connectivity index (χ2n) is 11.6. The fourth-order valence-electron chi connectivity index (χ4n) is 4.46. The van der Waals surface area contributed by atoms with Crippen molar-refractivity contribution >= 4 is 30.0 Å². The monoisotopic (exact) mass is 1070 g/mol. The van der Waals surface area contributed by atoms with E-state index in [1.54, 1.807) is 60.7 Å². The molecule has 2 aromatic heterocycles. The maximum absolute atomic E-state index is 11.5. The van der Waals surface area contributed by atoms with Crippen LogP contribution in [0.2, 0.25) is 0 Å². The Balaban J connectivity index is 0.000000447. The number of alkyl halides is 1. The second-order valence-corrected chi connectivity index (χ2v) is 11.9. The van der Waals surface area contributed by atoms with Crippen molar-refractivity contribution in [3.05, 3.63) is 149 Å². The van der Waals surface area contributed by atoms with Crippen LogP contribution in [-0.2, 0) is 36.5 Å². The van der Waals surface area contributed by atoms with Crippen molar-refractivity contribution in [2.45, 2.75) is 40.2 Å². The standard InChI is InChI=1S/C20H19NO4.C13H12ClNO3.C7H8O.C2H2FO3.2Cs/c1-13-4-10-17(11-5-13)24-12-18-14(2)25-19(21-18)15-6-8-16(9-7-15)20(22)23-3;1-8-11(7-14)15-12(18-8)9-3-5-10(6-4-9)13(16)17-2;1-6-2-4-7(8)5-3-6;3-1-5-6-2-4;;/h4-11H,12H2,1-3H3;3-6H,7H2,1-2H3;2-5,8H,1H3;1-2H;;/q;;;-1;2*+1/i;;;2D;;. The van der Waals surface area contributed by atoms with Gasteiger partial charge < -0.3 is 42.3 Å². The van der Waals surface area contributed by atoms with Gasteiger partial charge in [0, 0.05) is 11.1 Å². The zero-order valence-electron chi connectivity index (χ0n) is 34.9. The minimum Gasteiger partial charge on any atom is -0.508 e. The summed E-state index contributed by atoms with van der Waals surface area (Å²) in [4.78, 5) is 47.4. The van der Waals surface area contributed by atoms with Crippen LogP contribution in [0.4, 0.5) is 4.39 Å². The molecule has 0 unspecified atom stereocenters. The van der Waals surface area contributed by atoms with Crippen LogP contribution in [0.5, 0.6) is 11.5 Å². The fraction of sp³-hybridized carbons (Fsp3) is 0.190. The van der Waals surface area contributed by atoms with E-state index in [2.05, 4.69) is 24.5 Å². The molecular formula is C42H41ClCs2FN2O11+. The van der Waals surface area contributed by atoms with Gasteiger partial charge in [-0.2, -0.15) is 0 Å². The number of nitrogens with zero attached hydrogens (tertiary/aromatic N) is 2. The van der Waals surface area contributed by atoms with Gasteiger partial charge in [0.2, 0.25) is 11.8 Å². The maximum atomic E-state index is 11.5. The van der Waals surface area contributed by atoms with Gasteiger partial charge in [-0.05, 0) is 107 Å². The normalized spacial score (nSPS) is 9.86. The molecule has 0 aliphatic carbocycles. The number of carbonyl (C=O) groups is 3. The molecular weight excluding hydrogens is 1030 g/mol. The summed E-state index contributed by atoms with van der Waals surface area (Å²) >= 11 is 5.73. The van der Waals surface area contributed by atoms with Crippen LogP contribution >= 0.6 is 11.6 Å². The Labute approximate surface area is 465 Å². The van der Waals surface area contributed by atoms with Gasteiger partial charge in [0.1, 0.15) is 35.3 Å². The first-order valence-corrected chi connectivity index (χ1v) is 17.4. The van der Waals surface area contributed by atoms with Crippen LogP contribution in [0.15, 0.2) is 106 Å². The molecule has 0 aliphatic heterocycles. The summed E-state index contributed by atoms with van der Waals surface area (Å²) in [6, 6.07) is 28.7. The molecule has 0 atom stereocenters. The van der Waals surface area contributed by atoms with Gasteiger partial charge in [-0.25, -0.2) is 19.6 Å². The van der Waals surface area contributed by atoms with E-state index in [-0.39, 0.29) is 157 Å². The first-order chi connectivity index (χ1) is 27.8. The van der Waals surface area contributed by atoms with Crippen LogP contribution < -0.4 is 143 Å². The Kier molecular flexibility index (Phi) is 26.6. The van der Waals surface area contributed by atoms with E-state index < -0.39 is 6.45 Å². The van der Waals surface area contributed by atoms with Crippen molar-refractivity contribution in [1.29, 1.82) is 0 Å². The molecule has 17 heteroatoms. The topological polar surface area (TPSA) is 170 Å². The smallest absolute Gasteiger partial charge is 0.508 e. The quantitative estimate of drug-likeness (QED) is 0.0530. The molecule has 6 rings (SSSR count). The molecule has 0 amide bonds. The fourth-order valence-corrected chi connectivity index (χ4v) is 4.71. The summed E-state index contributed by atoms with van der Waals surface area (Å²) in [7, 11) is 2.70. The van der Waals surface area contributed by atoms with E-state index in [1.165, 1.54) is 25.3 Å². The molecule has 0 saturated carbocycles. The number of oxazole rings is 2. The number of phenolic OH excluding ortho intramolecular Hbond substituents is 1. The first kappa shape index (κ1) is 52.7. The Morgan fingerprint density at radius 3 is 1.53 bits per heavy atom. The van der Waals surface area contributed by atoms with Crippen molar-refractivity contribution in [2.75, 3.05) is 14.2 Å². The van der Waals surface area contributed by atoms with Crippen LogP contribution in [0, 0.1) is 34.6 Å². The molecule has 59 heavy (non-hydrogen) atoms. The maximum Gasteiger partial charge on any atom is 1.00 e. The predicted molar refractivity (Wildman–Crippen MR) is 208 cm³/mol. The van der Waals surface area contributed by atoms with E-state index in [1.807, 2.05) is 64.1 Å². The minimum absolute atomic E-state index is 0. The third-order valence-electron chi connectivity index (χ3n) is 7.57. The Bertz CT molecular complexity index is 2180. The van der Waals surface area contributed by atoms with Gasteiger partial charge in [0.25, 0.3) is 0 Å². The number of esters is 2. The van der Waals surface area contributed by atoms with Gasteiger partial charge in [0.05, 0.1) is 36.9 Å². The van der Waals surface area contributed by atoms with E-state index in [0.717, 1.165) is 28.3 Å². The minimum atomic E-state index is -1.44. The molecule has 2 heterocycles. The van der Waals surface area contributed by atoms with Gasteiger partial charge in [-0.15, -0.1) is 11.6 Å². The number of aromatic hydroxyl groups is 1. The van der Waals surface area contributed by atoms with Crippen LogP contribution in [0.3, 0.4) is 0 Å². The molecule has 4 aromatic carbocycles. The van der Waals surface area contributed by atoms with Crippen molar-refractivity contribution in [2.24, 2.45) is 0 Å². The number of phenols is 1. The summed E-state index contributed by atoms with van der Waals surface area (Å²) in [5, 5.41) is 8.76. The molecule has 13 nitrogen and oxygen atoms in total. The number of hydrogen-bond donors (Lipinski definition) is 1. The van der Waals surface area contributed by atoms with Gasteiger partial charge >= 0.3 is 156 Å². The molecule has 0 radical (unpaired) electrons. The third-order valence-corrected chi connectivity index (χ3v) is 7.82. The van der Waals surface area contributed by atoms with Crippen LogP contribution in [-0.4, -0.2) is 47.7 Å². The number of carbonyl (C=O) groups excluding carboxylic acids is 3.